The molecule has 6 nitrogen and oxygen atoms in total. The van der Waals surface area contributed by atoms with Gasteiger partial charge in [0, 0.05) is 16.9 Å². The first-order chi connectivity index (χ1) is 12.6. The standard InChI is InChI=1S/C19H15ClN4O2/c20-13-7-9-14(10-8-13)23-19(26)17-6-3-5-16(24-17)18(25)22-12-15-4-1-2-11-21-15/h1-11H,12H2,(H,22,25)(H,23,26). The van der Waals surface area contributed by atoms with Crippen LogP contribution in [0.15, 0.2) is 66.9 Å². The van der Waals surface area contributed by atoms with E-state index in [1.54, 1.807) is 54.7 Å². The number of nitrogens with one attached hydrogen (secondary N) is 2. The Labute approximate surface area is 155 Å². The highest BCUT2D eigenvalue weighted by molar-refractivity contribution is 6.30. The second-order valence-corrected chi connectivity index (χ2v) is 5.81. The van der Waals surface area contributed by atoms with Gasteiger partial charge in [0.25, 0.3) is 11.8 Å². The zero-order valence-corrected chi connectivity index (χ0v) is 14.4. The van der Waals surface area contributed by atoms with E-state index in [1.807, 2.05) is 12.1 Å². The number of halogens is 1. The van der Waals surface area contributed by atoms with Crippen molar-refractivity contribution in [3.05, 3.63) is 89.0 Å². The van der Waals surface area contributed by atoms with E-state index in [1.165, 1.54) is 0 Å². The maximum absolute atomic E-state index is 12.3. The van der Waals surface area contributed by atoms with Crippen LogP contribution < -0.4 is 10.6 Å². The first-order valence-corrected chi connectivity index (χ1v) is 8.22. The molecular weight excluding hydrogens is 352 g/mol. The number of carbonyl (C=O) groups is 2. The molecule has 0 fully saturated rings. The van der Waals surface area contributed by atoms with Gasteiger partial charge in [0.05, 0.1) is 12.2 Å². The third-order valence-corrected chi connectivity index (χ3v) is 3.72. The van der Waals surface area contributed by atoms with Crippen LogP contribution in [0.2, 0.25) is 5.02 Å². The van der Waals surface area contributed by atoms with E-state index < -0.39 is 5.91 Å². The minimum Gasteiger partial charge on any atom is -0.345 e. The highest BCUT2D eigenvalue weighted by Crippen LogP contribution is 2.14. The molecule has 2 amide bonds. The molecule has 130 valence electrons. The lowest BCUT2D eigenvalue weighted by atomic mass is 10.2. The lowest BCUT2D eigenvalue weighted by Gasteiger charge is -2.07. The Morgan fingerprint density at radius 1 is 0.885 bits per heavy atom. The fourth-order valence-electron chi connectivity index (χ4n) is 2.18. The molecule has 0 spiro atoms. The quantitative estimate of drug-likeness (QED) is 0.725. The van der Waals surface area contributed by atoms with Gasteiger partial charge in [0.1, 0.15) is 11.4 Å². The molecule has 0 saturated carbocycles. The van der Waals surface area contributed by atoms with Gasteiger partial charge in [-0.15, -0.1) is 0 Å². The number of benzene rings is 1. The highest BCUT2D eigenvalue weighted by Gasteiger charge is 2.12. The van der Waals surface area contributed by atoms with Gasteiger partial charge >= 0.3 is 0 Å². The molecule has 7 heteroatoms. The average Bonchev–Trinajstić information content (AvgIpc) is 2.69. The average molecular weight is 367 g/mol. The van der Waals surface area contributed by atoms with Gasteiger partial charge in [-0.25, -0.2) is 4.98 Å². The third kappa shape index (κ3) is 4.64. The molecule has 0 aliphatic heterocycles. The van der Waals surface area contributed by atoms with Crippen LogP contribution in [0.1, 0.15) is 26.7 Å². The molecule has 1 aromatic carbocycles. The van der Waals surface area contributed by atoms with Crippen molar-refractivity contribution >= 4 is 29.1 Å². The number of aromatic nitrogens is 2. The lowest BCUT2D eigenvalue weighted by Crippen LogP contribution is -2.25. The van der Waals surface area contributed by atoms with Crippen molar-refractivity contribution in [3.63, 3.8) is 0 Å². The molecule has 2 heterocycles. The first-order valence-electron chi connectivity index (χ1n) is 7.84. The van der Waals surface area contributed by atoms with Crippen LogP contribution in [0.25, 0.3) is 0 Å². The SMILES string of the molecule is O=C(NCc1ccccn1)c1cccc(C(=O)Nc2ccc(Cl)cc2)n1. The molecule has 0 unspecified atom stereocenters. The lowest BCUT2D eigenvalue weighted by molar-refractivity contribution is 0.0945. The third-order valence-electron chi connectivity index (χ3n) is 3.47. The number of nitrogens with zero attached hydrogens (tertiary/aromatic N) is 2. The van der Waals surface area contributed by atoms with E-state index in [0.717, 1.165) is 5.69 Å². The normalized spacial score (nSPS) is 10.2. The van der Waals surface area contributed by atoms with Gasteiger partial charge in [0.15, 0.2) is 0 Å². The van der Waals surface area contributed by atoms with Gasteiger partial charge in [-0.1, -0.05) is 23.7 Å². The molecule has 0 radical (unpaired) electrons. The van der Waals surface area contributed by atoms with Gasteiger partial charge in [-0.05, 0) is 48.5 Å². The number of amides is 2. The van der Waals surface area contributed by atoms with E-state index in [9.17, 15) is 9.59 Å². The molecular formula is C19H15ClN4O2. The smallest absolute Gasteiger partial charge is 0.274 e. The molecule has 0 saturated heterocycles. The van der Waals surface area contributed by atoms with Crippen molar-refractivity contribution < 1.29 is 9.59 Å². The molecule has 3 rings (SSSR count). The zero-order valence-electron chi connectivity index (χ0n) is 13.6. The van der Waals surface area contributed by atoms with Gasteiger partial charge in [-0.3, -0.25) is 14.6 Å². The van der Waals surface area contributed by atoms with Crippen molar-refractivity contribution in [1.82, 2.24) is 15.3 Å². The number of hydrogen-bond donors (Lipinski definition) is 2. The van der Waals surface area contributed by atoms with Gasteiger partial charge in [-0.2, -0.15) is 0 Å². The zero-order chi connectivity index (χ0) is 18.4. The Morgan fingerprint density at radius 2 is 1.62 bits per heavy atom. The summed E-state index contributed by atoms with van der Waals surface area (Å²) < 4.78 is 0. The predicted molar refractivity (Wildman–Crippen MR) is 99.0 cm³/mol. The highest BCUT2D eigenvalue weighted by atomic mass is 35.5. The van der Waals surface area contributed by atoms with E-state index in [-0.39, 0.29) is 23.8 Å². The van der Waals surface area contributed by atoms with Crippen LogP contribution in [-0.2, 0) is 6.54 Å². The summed E-state index contributed by atoms with van der Waals surface area (Å²) >= 11 is 5.82. The van der Waals surface area contributed by atoms with Crippen molar-refractivity contribution in [2.45, 2.75) is 6.54 Å². The summed E-state index contributed by atoms with van der Waals surface area (Å²) in [6.45, 7) is 0.280. The summed E-state index contributed by atoms with van der Waals surface area (Å²) in [5.41, 5.74) is 1.62. The molecule has 3 aromatic rings. The molecule has 0 aliphatic carbocycles. The molecule has 0 bridgehead atoms. The summed E-state index contributed by atoms with van der Waals surface area (Å²) in [7, 11) is 0. The number of anilines is 1. The van der Waals surface area contributed by atoms with E-state index in [0.29, 0.717) is 10.7 Å². The fourth-order valence-corrected chi connectivity index (χ4v) is 2.31. The molecule has 26 heavy (non-hydrogen) atoms. The Hall–Kier alpha value is -3.25. The fraction of sp³-hybridized carbons (Fsp3) is 0.0526. The Bertz CT molecular complexity index is 914. The van der Waals surface area contributed by atoms with E-state index in [4.69, 9.17) is 11.6 Å². The topological polar surface area (TPSA) is 84.0 Å². The van der Waals surface area contributed by atoms with Crippen molar-refractivity contribution in [2.24, 2.45) is 0 Å². The van der Waals surface area contributed by atoms with E-state index in [2.05, 4.69) is 20.6 Å². The number of rotatable bonds is 5. The second kappa shape index (κ2) is 8.22. The summed E-state index contributed by atoms with van der Waals surface area (Å²) in [5.74, 6) is -0.788. The van der Waals surface area contributed by atoms with Gasteiger partial charge < -0.3 is 10.6 Å². The van der Waals surface area contributed by atoms with E-state index >= 15 is 0 Å². The predicted octanol–water partition coefficient (Wildman–Crippen LogP) is 3.31. The second-order valence-electron chi connectivity index (χ2n) is 5.37. The monoisotopic (exact) mass is 366 g/mol. The summed E-state index contributed by atoms with van der Waals surface area (Å²) in [5, 5.41) is 6.01. The minimum atomic E-state index is -0.410. The number of pyridine rings is 2. The van der Waals surface area contributed by atoms with Crippen molar-refractivity contribution in [2.75, 3.05) is 5.32 Å². The maximum Gasteiger partial charge on any atom is 0.274 e. The molecule has 0 aliphatic rings. The minimum absolute atomic E-state index is 0.144. The Kier molecular flexibility index (Phi) is 5.56. The maximum atomic E-state index is 12.3. The Morgan fingerprint density at radius 3 is 2.31 bits per heavy atom. The summed E-state index contributed by atoms with van der Waals surface area (Å²) in [6, 6.07) is 16.9. The number of hydrogen-bond acceptors (Lipinski definition) is 4. The molecule has 0 atom stereocenters. The largest absolute Gasteiger partial charge is 0.345 e. The first kappa shape index (κ1) is 17.6. The van der Waals surface area contributed by atoms with Crippen LogP contribution in [0, 0.1) is 0 Å². The van der Waals surface area contributed by atoms with Crippen molar-refractivity contribution in [1.29, 1.82) is 0 Å². The van der Waals surface area contributed by atoms with Crippen LogP contribution >= 0.6 is 11.6 Å². The van der Waals surface area contributed by atoms with Crippen molar-refractivity contribution in [3.8, 4) is 0 Å². The van der Waals surface area contributed by atoms with Crippen LogP contribution in [0.3, 0.4) is 0 Å². The van der Waals surface area contributed by atoms with Crippen LogP contribution in [0.5, 0.6) is 0 Å². The summed E-state index contributed by atoms with van der Waals surface area (Å²) in [6.07, 6.45) is 1.65. The van der Waals surface area contributed by atoms with Crippen LogP contribution in [0.4, 0.5) is 5.69 Å². The summed E-state index contributed by atoms with van der Waals surface area (Å²) in [4.78, 5) is 32.8. The van der Waals surface area contributed by atoms with Crippen LogP contribution in [-0.4, -0.2) is 21.8 Å². The number of carbonyl (C=O) groups excluding carboxylic acids is 2. The Balaban J connectivity index is 1.66. The molecule has 2 N–H and O–H groups in total. The molecule has 2 aromatic heterocycles. The van der Waals surface area contributed by atoms with Gasteiger partial charge in [0.2, 0.25) is 0 Å².